The highest BCUT2D eigenvalue weighted by molar-refractivity contribution is 9.10. The first-order valence-corrected chi connectivity index (χ1v) is 6.76. The maximum absolute atomic E-state index is 11.1. The van der Waals surface area contributed by atoms with Crippen LogP contribution in [0.3, 0.4) is 0 Å². The average molecular weight is 337 g/mol. The van der Waals surface area contributed by atoms with Gasteiger partial charge in [0.25, 0.3) is 0 Å². The van der Waals surface area contributed by atoms with Gasteiger partial charge in [-0.05, 0) is 33.6 Å². The Kier molecular flexibility index (Phi) is 4.76. The summed E-state index contributed by atoms with van der Waals surface area (Å²) in [6.07, 6.45) is -0.815. The van der Waals surface area contributed by atoms with Crippen molar-refractivity contribution in [2.24, 2.45) is 0 Å². The molecule has 2 aromatic rings. The number of carbonyl (C=O) groups is 1. The first-order chi connectivity index (χ1) is 9.59. The van der Waals surface area contributed by atoms with E-state index in [0.717, 1.165) is 5.56 Å². The standard InChI is InChI=1S/C15H13BrO4/c16-12-8-4-7-11(15(18)19)14(12)20-9-13(17)10-5-2-1-3-6-10/h1-8,13,17H,9H2,(H,18,19). The molecular formula is C15H13BrO4. The molecule has 0 saturated heterocycles. The molecule has 0 aromatic heterocycles. The van der Waals surface area contributed by atoms with Crippen molar-refractivity contribution in [2.75, 3.05) is 6.61 Å². The Hall–Kier alpha value is -1.85. The van der Waals surface area contributed by atoms with Crippen molar-refractivity contribution in [3.05, 3.63) is 64.1 Å². The van der Waals surface area contributed by atoms with E-state index < -0.39 is 12.1 Å². The molecule has 0 aliphatic heterocycles. The summed E-state index contributed by atoms with van der Waals surface area (Å²) in [5.74, 6) is -0.856. The largest absolute Gasteiger partial charge is 0.488 e. The van der Waals surface area contributed by atoms with Crippen molar-refractivity contribution < 1.29 is 19.7 Å². The van der Waals surface area contributed by atoms with Crippen molar-refractivity contribution in [2.45, 2.75) is 6.10 Å². The number of hydrogen-bond donors (Lipinski definition) is 2. The number of carboxylic acid groups (broad SMARTS) is 1. The number of rotatable bonds is 5. The number of aliphatic hydroxyl groups excluding tert-OH is 1. The third-order valence-corrected chi connectivity index (χ3v) is 3.39. The first-order valence-electron chi connectivity index (χ1n) is 5.97. The van der Waals surface area contributed by atoms with Crippen LogP contribution in [0.4, 0.5) is 0 Å². The van der Waals surface area contributed by atoms with E-state index in [1.165, 1.54) is 6.07 Å². The van der Waals surface area contributed by atoms with Gasteiger partial charge in [-0.1, -0.05) is 36.4 Å². The zero-order valence-corrected chi connectivity index (χ0v) is 12.1. The van der Waals surface area contributed by atoms with Gasteiger partial charge in [-0.3, -0.25) is 0 Å². The zero-order chi connectivity index (χ0) is 14.5. The van der Waals surface area contributed by atoms with Crippen LogP contribution in [-0.4, -0.2) is 22.8 Å². The molecule has 4 nitrogen and oxygen atoms in total. The number of para-hydroxylation sites is 1. The summed E-state index contributed by atoms with van der Waals surface area (Å²) >= 11 is 3.25. The highest BCUT2D eigenvalue weighted by Gasteiger charge is 2.16. The van der Waals surface area contributed by atoms with Gasteiger partial charge in [0.15, 0.2) is 0 Å². The smallest absolute Gasteiger partial charge is 0.339 e. The van der Waals surface area contributed by atoms with Crippen molar-refractivity contribution in [3.8, 4) is 5.75 Å². The summed E-state index contributed by atoms with van der Waals surface area (Å²) < 4.78 is 6.01. The first kappa shape index (κ1) is 14.6. The van der Waals surface area contributed by atoms with Gasteiger partial charge in [0.2, 0.25) is 0 Å². The lowest BCUT2D eigenvalue weighted by Gasteiger charge is -2.15. The molecule has 0 saturated carbocycles. The van der Waals surface area contributed by atoms with Crippen LogP contribution in [0.25, 0.3) is 0 Å². The molecule has 5 heteroatoms. The Labute approximate surface area is 124 Å². The summed E-state index contributed by atoms with van der Waals surface area (Å²) in [6.45, 7) is -0.0209. The van der Waals surface area contributed by atoms with E-state index in [2.05, 4.69) is 15.9 Å². The third-order valence-electron chi connectivity index (χ3n) is 2.77. The minimum atomic E-state index is -1.07. The van der Waals surface area contributed by atoms with Crippen molar-refractivity contribution in [1.82, 2.24) is 0 Å². The van der Waals surface area contributed by atoms with Gasteiger partial charge in [-0.15, -0.1) is 0 Å². The van der Waals surface area contributed by atoms with Crippen LogP contribution in [0.5, 0.6) is 5.75 Å². The van der Waals surface area contributed by atoms with Crippen LogP contribution in [0.1, 0.15) is 22.0 Å². The third kappa shape index (κ3) is 3.37. The number of carboxylic acids is 1. The van der Waals surface area contributed by atoms with Crippen LogP contribution >= 0.6 is 15.9 Å². The van der Waals surface area contributed by atoms with Crippen LogP contribution in [0.2, 0.25) is 0 Å². The fourth-order valence-corrected chi connectivity index (χ4v) is 2.24. The SMILES string of the molecule is O=C(O)c1cccc(Br)c1OCC(O)c1ccccc1. The van der Waals surface area contributed by atoms with Gasteiger partial charge >= 0.3 is 5.97 Å². The monoisotopic (exact) mass is 336 g/mol. The number of ether oxygens (including phenoxy) is 1. The molecule has 0 amide bonds. The summed E-state index contributed by atoms with van der Waals surface area (Å²) in [5, 5.41) is 19.1. The van der Waals surface area contributed by atoms with Crippen molar-refractivity contribution >= 4 is 21.9 Å². The number of aliphatic hydroxyl groups is 1. The van der Waals surface area contributed by atoms with Gasteiger partial charge in [-0.2, -0.15) is 0 Å². The van der Waals surface area contributed by atoms with Gasteiger partial charge in [0.05, 0.1) is 4.47 Å². The number of hydrogen-bond acceptors (Lipinski definition) is 3. The molecule has 0 bridgehead atoms. The molecular weight excluding hydrogens is 324 g/mol. The van der Waals surface area contributed by atoms with Crippen LogP contribution < -0.4 is 4.74 Å². The molecule has 0 fully saturated rings. The van der Waals surface area contributed by atoms with Gasteiger partial charge in [0.1, 0.15) is 24.0 Å². The zero-order valence-electron chi connectivity index (χ0n) is 10.5. The molecule has 0 radical (unpaired) electrons. The highest BCUT2D eigenvalue weighted by atomic mass is 79.9. The van der Waals surface area contributed by atoms with Crippen LogP contribution in [0.15, 0.2) is 53.0 Å². The topological polar surface area (TPSA) is 66.8 Å². The molecule has 0 aliphatic carbocycles. The number of halogens is 1. The van der Waals surface area contributed by atoms with E-state index in [0.29, 0.717) is 4.47 Å². The number of aromatic carboxylic acids is 1. The lowest BCUT2D eigenvalue weighted by Crippen LogP contribution is -2.12. The second-order valence-corrected chi connectivity index (χ2v) is 5.01. The molecule has 0 aliphatic rings. The molecule has 1 unspecified atom stereocenters. The quantitative estimate of drug-likeness (QED) is 0.879. The minimum Gasteiger partial charge on any atom is -0.488 e. The van der Waals surface area contributed by atoms with E-state index in [4.69, 9.17) is 9.84 Å². The summed E-state index contributed by atoms with van der Waals surface area (Å²) in [7, 11) is 0. The average Bonchev–Trinajstić information content (AvgIpc) is 2.46. The van der Waals surface area contributed by atoms with Gasteiger partial charge in [0, 0.05) is 0 Å². The Morgan fingerprint density at radius 2 is 1.85 bits per heavy atom. The molecule has 2 rings (SSSR count). The minimum absolute atomic E-state index is 0.0209. The normalized spacial score (nSPS) is 11.9. The van der Waals surface area contributed by atoms with E-state index in [9.17, 15) is 9.90 Å². The molecule has 2 aromatic carbocycles. The van der Waals surface area contributed by atoms with E-state index in [1.54, 1.807) is 24.3 Å². The van der Waals surface area contributed by atoms with E-state index >= 15 is 0 Å². The summed E-state index contributed by atoms with van der Waals surface area (Å²) in [4.78, 5) is 11.1. The number of benzene rings is 2. The summed E-state index contributed by atoms with van der Waals surface area (Å²) in [5.41, 5.74) is 0.774. The maximum atomic E-state index is 11.1. The molecule has 2 N–H and O–H groups in total. The molecule has 1 atom stereocenters. The van der Waals surface area contributed by atoms with Crippen LogP contribution in [-0.2, 0) is 0 Å². The van der Waals surface area contributed by atoms with E-state index in [1.807, 2.05) is 18.2 Å². The maximum Gasteiger partial charge on any atom is 0.339 e. The molecule has 0 spiro atoms. The molecule has 104 valence electrons. The highest BCUT2D eigenvalue weighted by Crippen LogP contribution is 2.30. The Balaban J connectivity index is 2.13. The predicted octanol–water partition coefficient (Wildman–Crippen LogP) is 3.26. The second-order valence-electron chi connectivity index (χ2n) is 4.16. The predicted molar refractivity (Wildman–Crippen MR) is 78.0 cm³/mol. The Bertz CT molecular complexity index is 598. The van der Waals surface area contributed by atoms with Gasteiger partial charge in [-0.25, -0.2) is 4.79 Å². The fourth-order valence-electron chi connectivity index (χ4n) is 1.76. The van der Waals surface area contributed by atoms with Crippen LogP contribution in [0, 0.1) is 0 Å². The van der Waals surface area contributed by atoms with E-state index in [-0.39, 0.29) is 17.9 Å². The van der Waals surface area contributed by atoms with Gasteiger partial charge < -0.3 is 14.9 Å². The lowest BCUT2D eigenvalue weighted by molar-refractivity contribution is 0.0682. The second kappa shape index (κ2) is 6.54. The summed E-state index contributed by atoms with van der Waals surface area (Å²) in [6, 6.07) is 13.8. The van der Waals surface area contributed by atoms with Crippen molar-refractivity contribution in [3.63, 3.8) is 0 Å². The fraction of sp³-hybridized carbons (Fsp3) is 0.133. The molecule has 20 heavy (non-hydrogen) atoms. The lowest BCUT2D eigenvalue weighted by atomic mass is 10.1. The van der Waals surface area contributed by atoms with Crippen molar-refractivity contribution in [1.29, 1.82) is 0 Å². The molecule has 0 heterocycles. The Morgan fingerprint density at radius 1 is 1.15 bits per heavy atom. The Morgan fingerprint density at radius 3 is 2.50 bits per heavy atom.